The highest BCUT2D eigenvalue weighted by atomic mass is 32.1. The number of rotatable bonds is 6. The molecular formula is C20H21N3O4S. The molecule has 8 heteroatoms. The van der Waals surface area contributed by atoms with Crippen molar-refractivity contribution in [2.75, 3.05) is 17.7 Å². The fourth-order valence-electron chi connectivity index (χ4n) is 2.33. The van der Waals surface area contributed by atoms with Gasteiger partial charge in [0, 0.05) is 23.4 Å². The summed E-state index contributed by atoms with van der Waals surface area (Å²) in [6, 6.07) is 13.1. The quantitative estimate of drug-likeness (QED) is 0.509. The van der Waals surface area contributed by atoms with Gasteiger partial charge in [-0.1, -0.05) is 13.0 Å². The molecule has 0 unspecified atom stereocenters. The number of methoxy groups -OCH3 is 1. The minimum atomic E-state index is -0.526. The van der Waals surface area contributed by atoms with Gasteiger partial charge in [-0.2, -0.15) is 0 Å². The average Bonchev–Trinajstić information content (AvgIpc) is 2.69. The van der Waals surface area contributed by atoms with Gasteiger partial charge < -0.3 is 15.4 Å². The molecule has 0 aliphatic heterocycles. The number of ether oxygens (including phenoxy) is 1. The van der Waals surface area contributed by atoms with E-state index in [2.05, 4.69) is 20.7 Å². The smallest absolute Gasteiger partial charge is 0.337 e. The zero-order chi connectivity index (χ0) is 20.5. The standard InChI is InChI=1S/C20H21N3O4S/c1-3-5-17(24)21-15-8-10-16(11-9-15)22-20(28)23-18(25)13-6-4-7-14(12-13)19(26)27-2/h4,6-12H,3,5H2,1-2H3,(H,21,24)(H2,22,23,25,28). The minimum Gasteiger partial charge on any atom is -0.465 e. The molecule has 0 fully saturated rings. The van der Waals surface area contributed by atoms with Crippen molar-refractivity contribution in [3.63, 3.8) is 0 Å². The molecular weight excluding hydrogens is 378 g/mol. The second-order valence-electron chi connectivity index (χ2n) is 5.86. The van der Waals surface area contributed by atoms with Gasteiger partial charge in [-0.3, -0.25) is 14.9 Å². The molecule has 3 N–H and O–H groups in total. The van der Waals surface area contributed by atoms with Gasteiger partial charge in [0.1, 0.15) is 0 Å². The van der Waals surface area contributed by atoms with E-state index in [9.17, 15) is 14.4 Å². The topological polar surface area (TPSA) is 96.5 Å². The summed E-state index contributed by atoms with van der Waals surface area (Å²) in [4.78, 5) is 35.5. The van der Waals surface area contributed by atoms with Crippen LogP contribution in [0, 0.1) is 0 Å². The summed E-state index contributed by atoms with van der Waals surface area (Å²) >= 11 is 5.15. The molecule has 2 aromatic rings. The normalized spacial score (nSPS) is 9.93. The van der Waals surface area contributed by atoms with Crippen LogP contribution in [-0.4, -0.2) is 30.0 Å². The number of hydrogen-bond donors (Lipinski definition) is 3. The van der Waals surface area contributed by atoms with E-state index in [4.69, 9.17) is 12.2 Å². The second kappa shape index (κ2) is 10.2. The summed E-state index contributed by atoms with van der Waals surface area (Å²) in [5, 5.41) is 8.34. The van der Waals surface area contributed by atoms with E-state index in [1.54, 1.807) is 42.5 Å². The lowest BCUT2D eigenvalue weighted by molar-refractivity contribution is -0.116. The molecule has 2 aromatic carbocycles. The molecule has 7 nitrogen and oxygen atoms in total. The summed E-state index contributed by atoms with van der Waals surface area (Å²) in [5.41, 5.74) is 1.89. The zero-order valence-electron chi connectivity index (χ0n) is 15.6. The maximum atomic E-state index is 12.3. The predicted molar refractivity (Wildman–Crippen MR) is 111 cm³/mol. The molecule has 0 radical (unpaired) electrons. The van der Waals surface area contributed by atoms with Crippen LogP contribution in [0.4, 0.5) is 11.4 Å². The molecule has 0 aliphatic carbocycles. The van der Waals surface area contributed by atoms with E-state index in [0.29, 0.717) is 17.8 Å². The second-order valence-corrected chi connectivity index (χ2v) is 6.26. The first-order chi connectivity index (χ1) is 13.4. The lowest BCUT2D eigenvalue weighted by atomic mass is 10.1. The highest BCUT2D eigenvalue weighted by molar-refractivity contribution is 7.80. The van der Waals surface area contributed by atoms with Gasteiger partial charge in [0.15, 0.2) is 5.11 Å². The Labute approximate surface area is 168 Å². The maximum Gasteiger partial charge on any atom is 0.337 e. The molecule has 2 rings (SSSR count). The van der Waals surface area contributed by atoms with Gasteiger partial charge >= 0.3 is 5.97 Å². The van der Waals surface area contributed by atoms with Crippen molar-refractivity contribution in [3.8, 4) is 0 Å². The van der Waals surface area contributed by atoms with Crippen molar-refractivity contribution in [1.29, 1.82) is 0 Å². The van der Waals surface area contributed by atoms with Crippen molar-refractivity contribution < 1.29 is 19.1 Å². The van der Waals surface area contributed by atoms with E-state index in [-0.39, 0.29) is 22.1 Å². The van der Waals surface area contributed by atoms with Crippen LogP contribution in [0.1, 0.15) is 40.5 Å². The van der Waals surface area contributed by atoms with Gasteiger partial charge in [0.25, 0.3) is 5.91 Å². The molecule has 0 atom stereocenters. The minimum absolute atomic E-state index is 0.0415. The fourth-order valence-corrected chi connectivity index (χ4v) is 2.54. The zero-order valence-corrected chi connectivity index (χ0v) is 16.4. The first kappa shape index (κ1) is 21.0. The van der Waals surface area contributed by atoms with E-state index >= 15 is 0 Å². The number of benzene rings is 2. The van der Waals surface area contributed by atoms with E-state index in [1.165, 1.54) is 13.2 Å². The summed E-state index contributed by atoms with van der Waals surface area (Å²) in [7, 11) is 1.27. The van der Waals surface area contributed by atoms with Gasteiger partial charge in [-0.25, -0.2) is 4.79 Å². The number of anilines is 2. The monoisotopic (exact) mass is 399 g/mol. The lowest BCUT2D eigenvalue weighted by Crippen LogP contribution is -2.34. The molecule has 0 saturated heterocycles. The summed E-state index contributed by atoms with van der Waals surface area (Å²) in [6.07, 6.45) is 1.25. The molecule has 0 aromatic heterocycles. The van der Waals surface area contributed by atoms with E-state index in [1.807, 2.05) is 6.92 Å². The predicted octanol–water partition coefficient (Wildman–Crippen LogP) is 3.34. The molecule has 2 amide bonds. The van der Waals surface area contributed by atoms with Crippen LogP contribution in [0.5, 0.6) is 0 Å². The first-order valence-electron chi connectivity index (χ1n) is 8.63. The summed E-state index contributed by atoms with van der Waals surface area (Å²) in [5.74, 6) is -1.02. The van der Waals surface area contributed by atoms with Crippen molar-refractivity contribution in [1.82, 2.24) is 5.32 Å². The highest BCUT2D eigenvalue weighted by Gasteiger charge is 2.12. The van der Waals surface area contributed by atoms with Crippen LogP contribution in [0.2, 0.25) is 0 Å². The van der Waals surface area contributed by atoms with Crippen molar-refractivity contribution in [2.24, 2.45) is 0 Å². The first-order valence-corrected chi connectivity index (χ1v) is 9.04. The average molecular weight is 399 g/mol. The molecule has 0 aliphatic rings. The third-order valence-electron chi connectivity index (χ3n) is 3.68. The summed E-state index contributed by atoms with van der Waals surface area (Å²) < 4.78 is 4.64. The Bertz CT molecular complexity index is 881. The van der Waals surface area contributed by atoms with Gasteiger partial charge in [0.05, 0.1) is 12.7 Å². The Hall–Kier alpha value is -3.26. The fraction of sp³-hybridized carbons (Fsp3) is 0.200. The van der Waals surface area contributed by atoms with Crippen LogP contribution in [0.3, 0.4) is 0 Å². The number of carbonyl (C=O) groups excluding carboxylic acids is 3. The SMILES string of the molecule is CCCC(=O)Nc1ccc(NC(=S)NC(=O)c2cccc(C(=O)OC)c2)cc1. The van der Waals surface area contributed by atoms with E-state index in [0.717, 1.165) is 6.42 Å². The van der Waals surface area contributed by atoms with Crippen LogP contribution in [0.15, 0.2) is 48.5 Å². The largest absolute Gasteiger partial charge is 0.465 e. The third-order valence-corrected chi connectivity index (χ3v) is 3.88. The molecule has 28 heavy (non-hydrogen) atoms. The van der Waals surface area contributed by atoms with E-state index < -0.39 is 11.9 Å². The lowest BCUT2D eigenvalue weighted by Gasteiger charge is -2.11. The number of amides is 2. The Balaban J connectivity index is 1.94. The molecule has 0 heterocycles. The molecule has 146 valence electrons. The summed E-state index contributed by atoms with van der Waals surface area (Å²) in [6.45, 7) is 1.94. The van der Waals surface area contributed by atoms with Gasteiger partial charge in [-0.05, 0) is 61.1 Å². The maximum absolute atomic E-state index is 12.3. The Morgan fingerprint density at radius 1 is 0.964 bits per heavy atom. The Morgan fingerprint density at radius 3 is 2.18 bits per heavy atom. The Kier molecular flexibility index (Phi) is 7.65. The van der Waals surface area contributed by atoms with Crippen LogP contribution in [0.25, 0.3) is 0 Å². The number of esters is 1. The number of nitrogens with one attached hydrogen (secondary N) is 3. The number of thiocarbonyl (C=S) groups is 1. The van der Waals surface area contributed by atoms with Gasteiger partial charge in [0.2, 0.25) is 5.91 Å². The van der Waals surface area contributed by atoms with Gasteiger partial charge in [-0.15, -0.1) is 0 Å². The van der Waals surface area contributed by atoms with Crippen LogP contribution >= 0.6 is 12.2 Å². The van der Waals surface area contributed by atoms with Crippen LogP contribution < -0.4 is 16.0 Å². The van der Waals surface area contributed by atoms with Crippen LogP contribution in [-0.2, 0) is 9.53 Å². The third kappa shape index (κ3) is 6.17. The molecule has 0 bridgehead atoms. The number of carbonyl (C=O) groups is 3. The molecule has 0 spiro atoms. The van der Waals surface area contributed by atoms with Crippen molar-refractivity contribution in [2.45, 2.75) is 19.8 Å². The Morgan fingerprint density at radius 2 is 1.57 bits per heavy atom. The van der Waals surface area contributed by atoms with Crippen molar-refractivity contribution in [3.05, 3.63) is 59.7 Å². The highest BCUT2D eigenvalue weighted by Crippen LogP contribution is 2.14. The molecule has 0 saturated carbocycles. The number of hydrogen-bond acceptors (Lipinski definition) is 5. The van der Waals surface area contributed by atoms with Crippen molar-refractivity contribution >= 4 is 46.5 Å².